The van der Waals surface area contributed by atoms with Crippen LogP contribution in [0.1, 0.15) is 61.4 Å². The second-order valence-electron chi connectivity index (χ2n) is 4.26. The topological polar surface area (TPSA) is 43.1 Å². The lowest BCUT2D eigenvalue weighted by molar-refractivity contribution is 0.1000. The van der Waals surface area contributed by atoms with Crippen LogP contribution in [0.4, 0.5) is 0 Å². The highest BCUT2D eigenvalue weighted by Gasteiger charge is 2.11. The fourth-order valence-corrected chi connectivity index (χ4v) is 2.12. The molecule has 0 aromatic heterocycles. The molecule has 1 amide bonds. The van der Waals surface area contributed by atoms with Gasteiger partial charge in [0.05, 0.1) is 0 Å². The molecular weight excluding hydrogens is 198 g/mol. The van der Waals surface area contributed by atoms with Crippen LogP contribution in [0.25, 0.3) is 0 Å². The normalized spacial score (nSPS) is 10.7. The summed E-state index contributed by atoms with van der Waals surface area (Å²) in [5, 5.41) is 0. The quantitative estimate of drug-likeness (QED) is 0.782. The van der Waals surface area contributed by atoms with E-state index in [1.54, 1.807) is 6.07 Å². The smallest absolute Gasteiger partial charge is 0.248 e. The summed E-state index contributed by atoms with van der Waals surface area (Å²) in [7, 11) is 0. The van der Waals surface area contributed by atoms with Crippen LogP contribution in [0, 0.1) is 0 Å². The fraction of sp³-hybridized carbons (Fsp3) is 0.500. The molecule has 1 rings (SSSR count). The van der Waals surface area contributed by atoms with Crippen molar-refractivity contribution < 1.29 is 4.79 Å². The molecule has 0 atom stereocenters. The van der Waals surface area contributed by atoms with Gasteiger partial charge in [-0.05, 0) is 36.5 Å². The maximum atomic E-state index is 11.1. The molecule has 1 aromatic rings. The Morgan fingerprint density at radius 1 is 1.25 bits per heavy atom. The van der Waals surface area contributed by atoms with E-state index in [0.717, 1.165) is 0 Å². The molecule has 0 heterocycles. The molecule has 0 spiro atoms. The second-order valence-corrected chi connectivity index (χ2v) is 4.26. The molecule has 2 nitrogen and oxygen atoms in total. The van der Waals surface area contributed by atoms with Gasteiger partial charge < -0.3 is 5.73 Å². The third kappa shape index (κ3) is 3.37. The van der Waals surface area contributed by atoms with Gasteiger partial charge in [-0.2, -0.15) is 0 Å². The number of nitrogens with two attached hydrogens (primary N) is 1. The van der Waals surface area contributed by atoms with E-state index in [-0.39, 0.29) is 5.91 Å². The molecule has 0 radical (unpaired) electrons. The van der Waals surface area contributed by atoms with Gasteiger partial charge in [-0.25, -0.2) is 0 Å². The maximum Gasteiger partial charge on any atom is 0.248 e. The van der Waals surface area contributed by atoms with Gasteiger partial charge in [0.1, 0.15) is 0 Å². The highest BCUT2D eigenvalue weighted by atomic mass is 16.1. The molecule has 0 aliphatic rings. The van der Waals surface area contributed by atoms with Crippen LogP contribution in [-0.4, -0.2) is 5.91 Å². The number of benzene rings is 1. The Morgan fingerprint density at radius 2 is 1.88 bits per heavy atom. The van der Waals surface area contributed by atoms with Crippen molar-refractivity contribution in [2.45, 2.75) is 45.4 Å². The number of hydrogen-bond acceptors (Lipinski definition) is 1. The summed E-state index contributed by atoms with van der Waals surface area (Å²) in [5.41, 5.74) is 7.16. The molecule has 0 saturated carbocycles. The maximum absolute atomic E-state index is 11.1. The highest BCUT2D eigenvalue weighted by Crippen LogP contribution is 2.26. The molecule has 0 unspecified atom stereocenters. The number of carbonyl (C=O) groups excluding carboxylic acids is 1. The SMILES string of the molecule is CCCC(CCC)c1cccc(C(N)=O)c1. The van der Waals surface area contributed by atoms with E-state index in [2.05, 4.69) is 19.9 Å². The first kappa shape index (κ1) is 12.8. The number of carbonyl (C=O) groups is 1. The van der Waals surface area contributed by atoms with E-state index < -0.39 is 0 Å². The molecule has 0 saturated heterocycles. The minimum absolute atomic E-state index is 0.339. The Hall–Kier alpha value is -1.31. The van der Waals surface area contributed by atoms with Crippen LogP contribution >= 0.6 is 0 Å². The Bertz CT molecular complexity index is 340. The Labute approximate surface area is 97.9 Å². The lowest BCUT2D eigenvalue weighted by atomic mass is 9.89. The van der Waals surface area contributed by atoms with E-state index in [0.29, 0.717) is 11.5 Å². The van der Waals surface area contributed by atoms with Gasteiger partial charge in [-0.3, -0.25) is 4.79 Å². The molecule has 0 fully saturated rings. The Balaban J connectivity index is 2.90. The molecule has 0 aliphatic heterocycles. The molecule has 1 aromatic carbocycles. The summed E-state index contributed by atoms with van der Waals surface area (Å²) < 4.78 is 0. The number of hydrogen-bond donors (Lipinski definition) is 1. The van der Waals surface area contributed by atoms with Crippen LogP contribution in [-0.2, 0) is 0 Å². The van der Waals surface area contributed by atoms with Gasteiger partial charge in [0.15, 0.2) is 0 Å². The number of primary amides is 1. The van der Waals surface area contributed by atoms with E-state index in [9.17, 15) is 4.79 Å². The second kappa shape index (κ2) is 6.31. The lowest BCUT2D eigenvalue weighted by Crippen LogP contribution is -2.11. The van der Waals surface area contributed by atoms with Crippen LogP contribution in [0.3, 0.4) is 0 Å². The van der Waals surface area contributed by atoms with Crippen molar-refractivity contribution in [1.29, 1.82) is 0 Å². The molecule has 2 heteroatoms. The first-order chi connectivity index (χ1) is 7.69. The van der Waals surface area contributed by atoms with Crippen molar-refractivity contribution in [3.63, 3.8) is 0 Å². The van der Waals surface area contributed by atoms with Crippen molar-refractivity contribution in [2.24, 2.45) is 5.73 Å². The Morgan fingerprint density at radius 3 is 2.38 bits per heavy atom. The molecule has 0 aliphatic carbocycles. The molecule has 2 N–H and O–H groups in total. The fourth-order valence-electron chi connectivity index (χ4n) is 2.12. The van der Waals surface area contributed by atoms with Crippen molar-refractivity contribution in [2.75, 3.05) is 0 Å². The van der Waals surface area contributed by atoms with Crippen LogP contribution in [0.2, 0.25) is 0 Å². The van der Waals surface area contributed by atoms with Crippen molar-refractivity contribution in [1.82, 2.24) is 0 Å². The zero-order valence-corrected chi connectivity index (χ0v) is 10.2. The van der Waals surface area contributed by atoms with Crippen LogP contribution in [0.5, 0.6) is 0 Å². The first-order valence-corrected chi connectivity index (χ1v) is 6.08. The zero-order valence-electron chi connectivity index (χ0n) is 10.2. The van der Waals surface area contributed by atoms with Gasteiger partial charge in [-0.1, -0.05) is 38.8 Å². The van der Waals surface area contributed by atoms with Gasteiger partial charge in [0, 0.05) is 5.56 Å². The largest absolute Gasteiger partial charge is 0.366 e. The van der Waals surface area contributed by atoms with Crippen LogP contribution in [0.15, 0.2) is 24.3 Å². The summed E-state index contributed by atoms with van der Waals surface area (Å²) >= 11 is 0. The molecule has 0 bridgehead atoms. The predicted molar refractivity (Wildman–Crippen MR) is 67.5 cm³/mol. The predicted octanol–water partition coefficient (Wildman–Crippen LogP) is 3.47. The first-order valence-electron chi connectivity index (χ1n) is 6.08. The van der Waals surface area contributed by atoms with E-state index >= 15 is 0 Å². The molecule has 16 heavy (non-hydrogen) atoms. The van der Waals surface area contributed by atoms with Gasteiger partial charge >= 0.3 is 0 Å². The Kier molecular flexibility index (Phi) is 5.03. The molecular formula is C14H21NO. The average molecular weight is 219 g/mol. The van der Waals surface area contributed by atoms with Crippen molar-refractivity contribution in [3.8, 4) is 0 Å². The van der Waals surface area contributed by atoms with Gasteiger partial charge in [0.25, 0.3) is 0 Å². The van der Waals surface area contributed by atoms with Gasteiger partial charge in [0.2, 0.25) is 5.91 Å². The third-order valence-corrected chi connectivity index (χ3v) is 2.92. The third-order valence-electron chi connectivity index (χ3n) is 2.92. The van der Waals surface area contributed by atoms with E-state index in [1.807, 2.05) is 12.1 Å². The number of rotatable bonds is 6. The summed E-state index contributed by atoms with van der Waals surface area (Å²) in [6, 6.07) is 7.75. The molecule has 88 valence electrons. The van der Waals surface area contributed by atoms with E-state index in [4.69, 9.17) is 5.73 Å². The van der Waals surface area contributed by atoms with E-state index in [1.165, 1.54) is 31.2 Å². The number of amides is 1. The lowest BCUT2D eigenvalue weighted by Gasteiger charge is -2.16. The standard InChI is InChI=1S/C14H21NO/c1-3-6-11(7-4-2)12-8-5-9-13(10-12)14(15)16/h5,8-11H,3-4,6-7H2,1-2H3,(H2,15,16). The van der Waals surface area contributed by atoms with Crippen molar-refractivity contribution >= 4 is 5.91 Å². The summed E-state index contributed by atoms with van der Waals surface area (Å²) in [6.07, 6.45) is 4.70. The highest BCUT2D eigenvalue weighted by molar-refractivity contribution is 5.92. The monoisotopic (exact) mass is 219 g/mol. The van der Waals surface area contributed by atoms with Gasteiger partial charge in [-0.15, -0.1) is 0 Å². The summed E-state index contributed by atoms with van der Waals surface area (Å²) in [4.78, 5) is 11.1. The van der Waals surface area contributed by atoms with Crippen molar-refractivity contribution in [3.05, 3.63) is 35.4 Å². The zero-order chi connectivity index (χ0) is 12.0. The minimum Gasteiger partial charge on any atom is -0.366 e. The van der Waals surface area contributed by atoms with Crippen LogP contribution < -0.4 is 5.73 Å². The average Bonchev–Trinajstić information content (AvgIpc) is 2.29. The summed E-state index contributed by atoms with van der Waals surface area (Å²) in [5.74, 6) is 0.225. The minimum atomic E-state index is -0.339. The summed E-state index contributed by atoms with van der Waals surface area (Å²) in [6.45, 7) is 4.39.